The van der Waals surface area contributed by atoms with E-state index in [2.05, 4.69) is 24.0 Å². The fourth-order valence-electron chi connectivity index (χ4n) is 1.78. The Morgan fingerprint density at radius 2 is 1.39 bits per heavy atom. The molecule has 0 spiro atoms. The molecule has 0 aromatic carbocycles. The lowest BCUT2D eigenvalue weighted by atomic mass is 10.1. The van der Waals surface area contributed by atoms with Crippen LogP contribution in [0.5, 0.6) is 0 Å². The molecule has 106 valence electrons. The lowest BCUT2D eigenvalue weighted by Crippen LogP contribution is -2.10. The van der Waals surface area contributed by atoms with E-state index in [4.69, 9.17) is 0 Å². The fraction of sp³-hybridized carbons (Fsp3) is 0.812. The van der Waals surface area contributed by atoms with E-state index in [0.717, 1.165) is 17.8 Å². The van der Waals surface area contributed by atoms with E-state index in [0.29, 0.717) is 0 Å². The van der Waals surface area contributed by atoms with Crippen molar-refractivity contribution in [1.29, 1.82) is 0 Å². The number of allylic oxidation sites excluding steroid dienone is 1. The molecule has 2 nitrogen and oxygen atoms in total. The Kier molecular flexibility index (Phi) is 12.1. The summed E-state index contributed by atoms with van der Waals surface area (Å²) in [7, 11) is 0. The van der Waals surface area contributed by atoms with Gasteiger partial charge in [0.05, 0.1) is 5.71 Å². The molecule has 0 aliphatic heterocycles. The number of nitrogens with zero attached hydrogens (tertiary/aromatic N) is 1. The molecule has 2 heteroatoms. The molecule has 0 saturated heterocycles. The molecule has 0 unspecified atom stereocenters. The largest absolute Gasteiger partial charge is 0.310 e. The Balaban J connectivity index is 3.17. The van der Waals surface area contributed by atoms with Crippen LogP contribution in [0.1, 0.15) is 78.6 Å². The summed E-state index contributed by atoms with van der Waals surface area (Å²) < 4.78 is 0. The Morgan fingerprint density at radius 1 is 0.889 bits per heavy atom. The van der Waals surface area contributed by atoms with Crippen molar-refractivity contribution >= 4 is 5.71 Å². The molecule has 18 heavy (non-hydrogen) atoms. The van der Waals surface area contributed by atoms with E-state index in [1.54, 1.807) is 0 Å². The van der Waals surface area contributed by atoms with Gasteiger partial charge in [0.25, 0.3) is 0 Å². The van der Waals surface area contributed by atoms with Crippen LogP contribution in [0.25, 0.3) is 0 Å². The molecule has 0 rings (SSSR count). The first kappa shape index (κ1) is 17.2. The van der Waals surface area contributed by atoms with Crippen molar-refractivity contribution in [1.82, 2.24) is 5.43 Å². The third kappa shape index (κ3) is 11.7. The van der Waals surface area contributed by atoms with Gasteiger partial charge in [-0.1, -0.05) is 64.9 Å². The number of rotatable bonds is 12. The molecule has 0 aromatic heterocycles. The monoisotopic (exact) mass is 252 g/mol. The minimum atomic E-state index is 0.987. The minimum Gasteiger partial charge on any atom is -0.310 e. The minimum absolute atomic E-state index is 0.987. The quantitative estimate of drug-likeness (QED) is 0.293. The molecule has 0 heterocycles. The fourth-order valence-corrected chi connectivity index (χ4v) is 1.78. The van der Waals surface area contributed by atoms with Crippen LogP contribution in [-0.4, -0.2) is 12.3 Å². The predicted octanol–water partition coefficient (Wildman–Crippen LogP) is 5.06. The molecule has 0 amide bonds. The first-order chi connectivity index (χ1) is 8.68. The zero-order valence-electron chi connectivity index (χ0n) is 12.7. The third-order valence-corrected chi connectivity index (χ3v) is 3.26. The van der Waals surface area contributed by atoms with Crippen LogP contribution in [0.3, 0.4) is 0 Å². The van der Waals surface area contributed by atoms with Crippen LogP contribution in [0.2, 0.25) is 0 Å². The Labute approximate surface area is 114 Å². The second-order valence-corrected chi connectivity index (χ2v) is 5.21. The summed E-state index contributed by atoms with van der Waals surface area (Å²) in [5.74, 6) is 0. The van der Waals surface area contributed by atoms with Crippen molar-refractivity contribution in [2.45, 2.75) is 78.6 Å². The Hall–Kier alpha value is -0.790. The first-order valence-corrected chi connectivity index (χ1v) is 7.61. The van der Waals surface area contributed by atoms with Crippen molar-refractivity contribution in [2.75, 3.05) is 6.54 Å². The van der Waals surface area contributed by atoms with Crippen molar-refractivity contribution in [3.63, 3.8) is 0 Å². The number of hydrogen-bond acceptors (Lipinski definition) is 2. The highest BCUT2D eigenvalue weighted by Crippen LogP contribution is 2.09. The van der Waals surface area contributed by atoms with Crippen molar-refractivity contribution in [3.05, 3.63) is 12.2 Å². The maximum absolute atomic E-state index is 4.26. The van der Waals surface area contributed by atoms with Crippen molar-refractivity contribution < 1.29 is 0 Å². The van der Waals surface area contributed by atoms with Gasteiger partial charge in [-0.2, -0.15) is 5.10 Å². The van der Waals surface area contributed by atoms with Gasteiger partial charge in [0.15, 0.2) is 0 Å². The highest BCUT2D eigenvalue weighted by atomic mass is 15.3. The van der Waals surface area contributed by atoms with Crippen molar-refractivity contribution in [3.8, 4) is 0 Å². The second kappa shape index (κ2) is 12.7. The molecule has 0 bridgehead atoms. The lowest BCUT2D eigenvalue weighted by Gasteiger charge is -2.03. The molecule has 0 radical (unpaired) electrons. The molecule has 1 N–H and O–H groups in total. The van der Waals surface area contributed by atoms with Crippen molar-refractivity contribution in [2.24, 2.45) is 5.10 Å². The van der Waals surface area contributed by atoms with Crippen LogP contribution in [-0.2, 0) is 0 Å². The number of unbranched alkanes of at least 4 members (excludes halogenated alkanes) is 8. The van der Waals surface area contributed by atoms with Gasteiger partial charge in [0.1, 0.15) is 0 Å². The summed E-state index contributed by atoms with van der Waals surface area (Å²) in [6, 6.07) is 0. The van der Waals surface area contributed by atoms with E-state index in [1.807, 2.05) is 13.8 Å². The standard InChI is InChI=1S/C16H32N2/c1-5-6-7-8-9-10-11-12-13-14-17-18-16(4)15(2)3/h17H,2,5-14H2,1,3-4H3. The van der Waals surface area contributed by atoms with E-state index in [1.165, 1.54) is 57.8 Å². The van der Waals surface area contributed by atoms with Crippen LogP contribution in [0.4, 0.5) is 0 Å². The predicted molar refractivity (Wildman–Crippen MR) is 83.2 cm³/mol. The summed E-state index contributed by atoms with van der Waals surface area (Å²) in [5.41, 5.74) is 5.15. The van der Waals surface area contributed by atoms with Gasteiger partial charge < -0.3 is 5.43 Å². The number of hydrazone groups is 1. The van der Waals surface area contributed by atoms with Gasteiger partial charge in [-0.15, -0.1) is 0 Å². The Bertz CT molecular complexity index is 231. The summed E-state index contributed by atoms with van der Waals surface area (Å²) in [4.78, 5) is 0. The summed E-state index contributed by atoms with van der Waals surface area (Å²) in [6.45, 7) is 11.1. The van der Waals surface area contributed by atoms with E-state index in [-0.39, 0.29) is 0 Å². The first-order valence-electron chi connectivity index (χ1n) is 7.61. The second-order valence-electron chi connectivity index (χ2n) is 5.21. The average molecular weight is 252 g/mol. The van der Waals surface area contributed by atoms with Gasteiger partial charge >= 0.3 is 0 Å². The summed E-state index contributed by atoms with van der Waals surface area (Å²) in [5, 5.41) is 4.26. The molecule has 0 atom stereocenters. The molecule has 0 aliphatic rings. The zero-order chi connectivity index (χ0) is 13.6. The average Bonchev–Trinajstić information content (AvgIpc) is 2.35. The lowest BCUT2D eigenvalue weighted by molar-refractivity contribution is 0.553. The highest BCUT2D eigenvalue weighted by Gasteiger charge is 1.92. The van der Waals surface area contributed by atoms with Gasteiger partial charge in [0.2, 0.25) is 0 Å². The van der Waals surface area contributed by atoms with Crippen LogP contribution >= 0.6 is 0 Å². The molecule has 0 aliphatic carbocycles. The molecular formula is C16H32N2. The van der Waals surface area contributed by atoms with Crippen LogP contribution in [0.15, 0.2) is 17.3 Å². The van der Waals surface area contributed by atoms with E-state index in [9.17, 15) is 0 Å². The molecule has 0 aromatic rings. The number of hydrogen-bond donors (Lipinski definition) is 1. The van der Waals surface area contributed by atoms with Gasteiger partial charge in [-0.05, 0) is 25.8 Å². The molecular weight excluding hydrogens is 220 g/mol. The van der Waals surface area contributed by atoms with Crippen LogP contribution in [0, 0.1) is 0 Å². The molecule has 0 fully saturated rings. The maximum atomic E-state index is 4.26. The van der Waals surface area contributed by atoms with Gasteiger partial charge in [-0.3, -0.25) is 0 Å². The molecule has 0 saturated carbocycles. The maximum Gasteiger partial charge on any atom is 0.0595 e. The van der Waals surface area contributed by atoms with E-state index >= 15 is 0 Å². The van der Waals surface area contributed by atoms with E-state index < -0.39 is 0 Å². The van der Waals surface area contributed by atoms with Gasteiger partial charge in [0, 0.05) is 6.54 Å². The smallest absolute Gasteiger partial charge is 0.0595 e. The third-order valence-electron chi connectivity index (χ3n) is 3.26. The topological polar surface area (TPSA) is 24.4 Å². The summed E-state index contributed by atoms with van der Waals surface area (Å²) >= 11 is 0. The van der Waals surface area contributed by atoms with Gasteiger partial charge in [-0.25, -0.2) is 0 Å². The van der Waals surface area contributed by atoms with Crippen LogP contribution < -0.4 is 5.43 Å². The summed E-state index contributed by atoms with van der Waals surface area (Å²) in [6.07, 6.45) is 12.3. The normalized spacial score (nSPS) is 11.6. The SMILES string of the molecule is C=C(C)C(C)=NNCCCCCCCCCCC. The zero-order valence-corrected chi connectivity index (χ0v) is 12.7. The highest BCUT2D eigenvalue weighted by molar-refractivity contribution is 5.96. The Morgan fingerprint density at radius 3 is 1.89 bits per heavy atom. The number of nitrogens with one attached hydrogen (secondary N) is 1.